The largest absolute Gasteiger partial charge is 0.496 e. The van der Waals surface area contributed by atoms with Gasteiger partial charge in [0.15, 0.2) is 0 Å². The van der Waals surface area contributed by atoms with E-state index in [0.717, 1.165) is 25.5 Å². The monoisotopic (exact) mass is 446 g/mol. The van der Waals surface area contributed by atoms with Gasteiger partial charge < -0.3 is 19.8 Å². The van der Waals surface area contributed by atoms with Crippen LogP contribution < -0.4 is 10.1 Å². The minimum Gasteiger partial charge on any atom is -0.496 e. The Balaban J connectivity index is 2.46. The van der Waals surface area contributed by atoms with Gasteiger partial charge in [0.25, 0.3) is 0 Å². The van der Waals surface area contributed by atoms with Crippen molar-refractivity contribution in [2.24, 2.45) is 0 Å². The lowest BCUT2D eigenvalue weighted by molar-refractivity contribution is -0.144. The van der Waals surface area contributed by atoms with Crippen LogP contribution in [0.2, 0.25) is 0 Å². The zero-order chi connectivity index (χ0) is 17.1. The number of aromatic nitrogens is 1. The van der Waals surface area contributed by atoms with Gasteiger partial charge in [0.2, 0.25) is 5.91 Å². The number of H-pyrrole nitrogens is 1. The van der Waals surface area contributed by atoms with Crippen molar-refractivity contribution in [2.45, 2.75) is 19.4 Å². The molecule has 0 spiro atoms. The van der Waals surface area contributed by atoms with E-state index in [2.05, 4.69) is 42.2 Å². The van der Waals surface area contributed by atoms with Gasteiger partial charge in [0, 0.05) is 24.2 Å². The summed E-state index contributed by atoms with van der Waals surface area (Å²) in [6, 6.07) is 3.01. The topological polar surface area (TPSA) is 80.4 Å². The van der Waals surface area contributed by atoms with E-state index in [-0.39, 0.29) is 12.3 Å². The van der Waals surface area contributed by atoms with Gasteiger partial charge in [-0.3, -0.25) is 4.79 Å². The molecule has 0 aliphatic rings. The highest BCUT2D eigenvalue weighted by molar-refractivity contribution is 9.10. The number of esters is 1. The fourth-order valence-corrected chi connectivity index (χ4v) is 3.45. The number of benzene rings is 1. The first-order chi connectivity index (χ1) is 10.9. The fraction of sp³-hybridized carbons (Fsp3) is 0.333. The molecule has 0 saturated heterocycles. The average molecular weight is 448 g/mol. The van der Waals surface area contributed by atoms with Gasteiger partial charge in [-0.15, -0.1) is 0 Å². The number of ether oxygens (including phenoxy) is 2. The van der Waals surface area contributed by atoms with Crippen LogP contribution in [0.3, 0.4) is 0 Å². The second-order valence-electron chi connectivity index (χ2n) is 4.93. The predicted octanol–water partition coefficient (Wildman–Crippen LogP) is 2.92. The molecule has 1 amide bonds. The third kappa shape index (κ3) is 3.87. The SMILES string of the molecule is COC(=O)C(Cc1c(Br)[nH]c2cc(Br)c(OC)cc12)NC(C)=O. The Bertz CT molecular complexity index is 758. The van der Waals surface area contributed by atoms with Crippen LogP contribution in [-0.4, -0.2) is 37.1 Å². The molecular weight excluding hydrogens is 432 g/mol. The molecule has 0 bridgehead atoms. The molecule has 2 rings (SSSR count). The van der Waals surface area contributed by atoms with Crippen LogP contribution in [0.15, 0.2) is 21.2 Å². The maximum absolute atomic E-state index is 11.9. The second-order valence-corrected chi connectivity index (χ2v) is 6.58. The summed E-state index contributed by atoms with van der Waals surface area (Å²) in [5, 5.41) is 3.51. The van der Waals surface area contributed by atoms with E-state index in [9.17, 15) is 9.59 Å². The van der Waals surface area contributed by atoms with Crippen LogP contribution in [-0.2, 0) is 20.7 Å². The minimum absolute atomic E-state index is 0.289. The minimum atomic E-state index is -0.762. The zero-order valence-electron chi connectivity index (χ0n) is 12.8. The van der Waals surface area contributed by atoms with Crippen LogP contribution in [0.1, 0.15) is 12.5 Å². The molecule has 8 heteroatoms. The van der Waals surface area contributed by atoms with Gasteiger partial charge in [0.1, 0.15) is 11.8 Å². The number of nitrogens with one attached hydrogen (secondary N) is 2. The molecule has 1 aromatic carbocycles. The zero-order valence-corrected chi connectivity index (χ0v) is 16.0. The third-order valence-corrected chi connectivity index (χ3v) is 4.69. The fourth-order valence-electron chi connectivity index (χ4n) is 2.36. The number of methoxy groups -OCH3 is 2. The molecule has 23 heavy (non-hydrogen) atoms. The summed E-state index contributed by atoms with van der Waals surface area (Å²) < 4.78 is 11.6. The van der Waals surface area contributed by atoms with E-state index in [4.69, 9.17) is 9.47 Å². The number of carbonyl (C=O) groups excluding carboxylic acids is 2. The normalized spacial score (nSPS) is 12.0. The molecule has 0 aliphatic carbocycles. The van der Waals surface area contributed by atoms with Gasteiger partial charge in [-0.1, -0.05) is 0 Å². The van der Waals surface area contributed by atoms with Gasteiger partial charge in [-0.25, -0.2) is 4.79 Å². The molecule has 2 N–H and O–H groups in total. The molecule has 1 heterocycles. The van der Waals surface area contributed by atoms with Gasteiger partial charge >= 0.3 is 5.97 Å². The van der Waals surface area contributed by atoms with Gasteiger partial charge in [-0.05, 0) is 49.6 Å². The maximum Gasteiger partial charge on any atom is 0.328 e. The lowest BCUT2D eigenvalue weighted by Crippen LogP contribution is -2.42. The van der Waals surface area contributed by atoms with Crippen LogP contribution in [0.25, 0.3) is 10.9 Å². The number of carbonyl (C=O) groups is 2. The molecule has 0 aliphatic heterocycles. The first-order valence-electron chi connectivity index (χ1n) is 6.75. The first-order valence-corrected chi connectivity index (χ1v) is 8.34. The molecule has 124 valence electrons. The highest BCUT2D eigenvalue weighted by atomic mass is 79.9. The van der Waals surface area contributed by atoms with Crippen molar-refractivity contribution >= 4 is 54.6 Å². The van der Waals surface area contributed by atoms with Crippen molar-refractivity contribution < 1.29 is 19.1 Å². The first kappa shape index (κ1) is 17.8. The molecule has 0 saturated carbocycles. The summed E-state index contributed by atoms with van der Waals surface area (Å²) in [4.78, 5) is 26.4. The van der Waals surface area contributed by atoms with E-state index < -0.39 is 12.0 Å². The third-order valence-electron chi connectivity index (χ3n) is 3.40. The van der Waals surface area contributed by atoms with Crippen LogP contribution in [0, 0.1) is 0 Å². The van der Waals surface area contributed by atoms with Crippen molar-refractivity contribution in [3.05, 3.63) is 26.8 Å². The lowest BCUT2D eigenvalue weighted by Gasteiger charge is -2.15. The lowest BCUT2D eigenvalue weighted by atomic mass is 10.0. The Morgan fingerprint density at radius 1 is 1.30 bits per heavy atom. The Kier molecular flexibility index (Phi) is 5.69. The molecule has 6 nitrogen and oxygen atoms in total. The van der Waals surface area contributed by atoms with Crippen molar-refractivity contribution in [1.29, 1.82) is 0 Å². The standard InChI is InChI=1S/C15H16Br2N2O4/c1-7(20)18-12(15(21)23-3)4-9-8-5-13(22-2)10(16)6-11(8)19-14(9)17/h5-6,12,19H,4H2,1-3H3,(H,18,20). The summed E-state index contributed by atoms with van der Waals surface area (Å²) in [6.45, 7) is 1.36. The highest BCUT2D eigenvalue weighted by Crippen LogP contribution is 2.35. The van der Waals surface area contributed by atoms with Crippen LogP contribution >= 0.6 is 31.9 Å². The molecule has 0 fully saturated rings. The van der Waals surface area contributed by atoms with Gasteiger partial charge in [-0.2, -0.15) is 0 Å². The smallest absolute Gasteiger partial charge is 0.328 e. The summed E-state index contributed by atoms with van der Waals surface area (Å²) >= 11 is 6.91. The average Bonchev–Trinajstić information content (AvgIpc) is 2.79. The predicted molar refractivity (Wildman–Crippen MR) is 93.6 cm³/mol. The second kappa shape index (κ2) is 7.35. The van der Waals surface area contributed by atoms with Gasteiger partial charge in [0.05, 0.1) is 23.3 Å². The molecule has 1 unspecified atom stereocenters. The summed E-state index contributed by atoms with van der Waals surface area (Å²) in [5.74, 6) is -0.110. The highest BCUT2D eigenvalue weighted by Gasteiger charge is 2.24. The van der Waals surface area contributed by atoms with E-state index in [1.807, 2.05) is 12.1 Å². The summed E-state index contributed by atoms with van der Waals surface area (Å²) in [5.41, 5.74) is 1.74. The molecule has 2 aromatic rings. The summed E-state index contributed by atoms with van der Waals surface area (Å²) in [7, 11) is 2.88. The number of amides is 1. The molecule has 0 radical (unpaired) electrons. The van der Waals surface area contributed by atoms with Crippen molar-refractivity contribution in [3.8, 4) is 5.75 Å². The number of aromatic amines is 1. The number of rotatable bonds is 5. The van der Waals surface area contributed by atoms with Crippen molar-refractivity contribution in [3.63, 3.8) is 0 Å². The maximum atomic E-state index is 11.9. The Labute approximate surface area is 150 Å². The number of hydrogen-bond acceptors (Lipinski definition) is 4. The Hall–Kier alpha value is -1.54. The Morgan fingerprint density at radius 2 is 2.00 bits per heavy atom. The van der Waals surface area contributed by atoms with E-state index >= 15 is 0 Å². The number of halogens is 2. The van der Waals surface area contributed by atoms with Crippen LogP contribution in [0.5, 0.6) is 5.75 Å². The number of hydrogen-bond donors (Lipinski definition) is 2. The van der Waals surface area contributed by atoms with Crippen molar-refractivity contribution in [1.82, 2.24) is 10.3 Å². The molecule has 1 aromatic heterocycles. The van der Waals surface area contributed by atoms with E-state index in [1.165, 1.54) is 14.0 Å². The summed E-state index contributed by atoms with van der Waals surface area (Å²) in [6.07, 6.45) is 0.289. The number of fused-ring (bicyclic) bond motifs is 1. The molecular formula is C15H16Br2N2O4. The quantitative estimate of drug-likeness (QED) is 0.690. The van der Waals surface area contributed by atoms with Crippen molar-refractivity contribution in [2.75, 3.05) is 14.2 Å². The Morgan fingerprint density at radius 3 is 2.57 bits per heavy atom. The molecule has 1 atom stereocenters. The van der Waals surface area contributed by atoms with Crippen LogP contribution in [0.4, 0.5) is 0 Å². The van der Waals surface area contributed by atoms with E-state index in [1.54, 1.807) is 7.11 Å². The van der Waals surface area contributed by atoms with E-state index in [0.29, 0.717) is 5.75 Å².